The van der Waals surface area contributed by atoms with Crippen LogP contribution >= 0.6 is 0 Å². The molecule has 0 atom stereocenters. The maximum Gasteiger partial charge on any atom is 0.0766 e. The standard InChI is InChI=1S/C6H15N.CH3FO/c1-4-7(5-2)6-3;1-3-2/h4-6H2,1-3H3;1H3. The molecule has 3 heteroatoms. The molecule has 0 saturated heterocycles. The third-order valence-corrected chi connectivity index (χ3v) is 1.34. The van der Waals surface area contributed by atoms with Gasteiger partial charge in [-0.05, 0) is 24.2 Å². The molecule has 0 aromatic rings. The third-order valence-electron chi connectivity index (χ3n) is 1.34. The van der Waals surface area contributed by atoms with E-state index in [4.69, 9.17) is 0 Å². The summed E-state index contributed by atoms with van der Waals surface area (Å²) in [5, 5.41) is 0. The van der Waals surface area contributed by atoms with Crippen LogP contribution in [0.5, 0.6) is 0 Å². The summed E-state index contributed by atoms with van der Waals surface area (Å²) in [4.78, 5) is 5.12. The highest BCUT2D eigenvalue weighted by atomic mass is 19.3. The van der Waals surface area contributed by atoms with Gasteiger partial charge in [-0.1, -0.05) is 20.8 Å². The Morgan fingerprint density at radius 1 is 1.10 bits per heavy atom. The predicted molar refractivity (Wildman–Crippen MR) is 41.6 cm³/mol. The van der Waals surface area contributed by atoms with Gasteiger partial charge < -0.3 is 4.90 Å². The van der Waals surface area contributed by atoms with Crippen LogP contribution in [0.1, 0.15) is 20.8 Å². The van der Waals surface area contributed by atoms with Crippen molar-refractivity contribution in [2.45, 2.75) is 20.8 Å². The quantitative estimate of drug-likeness (QED) is 0.610. The lowest BCUT2D eigenvalue weighted by Crippen LogP contribution is -2.21. The number of rotatable bonds is 3. The van der Waals surface area contributed by atoms with E-state index in [0.29, 0.717) is 0 Å². The van der Waals surface area contributed by atoms with Crippen molar-refractivity contribution < 1.29 is 9.47 Å². The molecule has 0 aliphatic carbocycles. The molecule has 64 valence electrons. The van der Waals surface area contributed by atoms with Crippen LogP contribution in [-0.4, -0.2) is 31.6 Å². The Morgan fingerprint density at radius 2 is 1.30 bits per heavy atom. The van der Waals surface area contributed by atoms with Gasteiger partial charge in [-0.25, -0.2) is 0 Å². The van der Waals surface area contributed by atoms with Crippen LogP contribution in [-0.2, 0) is 4.94 Å². The maximum atomic E-state index is 9.79. The van der Waals surface area contributed by atoms with E-state index < -0.39 is 0 Å². The van der Waals surface area contributed by atoms with Crippen molar-refractivity contribution in [1.29, 1.82) is 0 Å². The highest BCUT2D eigenvalue weighted by molar-refractivity contribution is 4.43. The second-order valence-electron chi connectivity index (χ2n) is 1.77. The van der Waals surface area contributed by atoms with Gasteiger partial charge in [-0.2, -0.15) is 4.94 Å². The first-order chi connectivity index (χ1) is 4.76. The molecule has 0 N–H and O–H groups in total. The van der Waals surface area contributed by atoms with Crippen molar-refractivity contribution in [2.24, 2.45) is 0 Å². The smallest absolute Gasteiger partial charge is 0.0766 e. The van der Waals surface area contributed by atoms with Gasteiger partial charge in [0.2, 0.25) is 0 Å². The number of hydrogen-bond acceptors (Lipinski definition) is 2. The minimum Gasteiger partial charge on any atom is -0.304 e. The Balaban J connectivity index is 0. The molecule has 0 radical (unpaired) electrons. The first-order valence-electron chi connectivity index (χ1n) is 3.63. The number of nitrogens with zero attached hydrogens (tertiary/aromatic N) is 1. The highest BCUT2D eigenvalue weighted by Crippen LogP contribution is 1.81. The maximum absolute atomic E-state index is 9.79. The van der Waals surface area contributed by atoms with E-state index >= 15 is 0 Å². The minimum atomic E-state index is 0.958. The number of halogens is 1. The molecule has 0 bridgehead atoms. The molecule has 0 heterocycles. The van der Waals surface area contributed by atoms with Crippen molar-refractivity contribution >= 4 is 0 Å². The average molecular weight is 151 g/mol. The zero-order valence-electron chi connectivity index (χ0n) is 7.35. The Morgan fingerprint density at radius 3 is 1.30 bits per heavy atom. The van der Waals surface area contributed by atoms with Crippen LogP contribution in [0.15, 0.2) is 0 Å². The Hall–Kier alpha value is -0.150. The summed E-state index contributed by atoms with van der Waals surface area (Å²) >= 11 is 0. The van der Waals surface area contributed by atoms with Gasteiger partial charge in [0.25, 0.3) is 0 Å². The SMILES string of the molecule is CCN(CC)CC.COF. The average Bonchev–Trinajstić information content (AvgIpc) is 1.93. The number of hydrogen-bond donors (Lipinski definition) is 0. The monoisotopic (exact) mass is 151 g/mol. The van der Waals surface area contributed by atoms with Crippen molar-refractivity contribution in [3.05, 3.63) is 0 Å². The lowest BCUT2D eigenvalue weighted by molar-refractivity contribution is -0.0960. The topological polar surface area (TPSA) is 12.5 Å². The van der Waals surface area contributed by atoms with E-state index in [1.165, 1.54) is 19.6 Å². The van der Waals surface area contributed by atoms with Gasteiger partial charge >= 0.3 is 0 Å². The van der Waals surface area contributed by atoms with Crippen LogP contribution in [0.3, 0.4) is 0 Å². The lowest BCUT2D eigenvalue weighted by Gasteiger charge is -2.13. The van der Waals surface area contributed by atoms with Crippen LogP contribution in [0, 0.1) is 0 Å². The summed E-state index contributed by atoms with van der Waals surface area (Å²) in [5.41, 5.74) is 0. The van der Waals surface area contributed by atoms with Crippen molar-refractivity contribution in [3.8, 4) is 0 Å². The zero-order chi connectivity index (χ0) is 8.41. The summed E-state index contributed by atoms with van der Waals surface area (Å²) in [5.74, 6) is 0. The fraction of sp³-hybridized carbons (Fsp3) is 1.00. The largest absolute Gasteiger partial charge is 0.304 e. The molecular formula is C7H18FNO. The molecule has 10 heavy (non-hydrogen) atoms. The molecule has 0 aromatic heterocycles. The van der Waals surface area contributed by atoms with Crippen LogP contribution in [0.2, 0.25) is 0 Å². The molecule has 0 fully saturated rings. The normalized spacial score (nSPS) is 9.00. The van der Waals surface area contributed by atoms with Crippen LogP contribution in [0.4, 0.5) is 4.53 Å². The lowest BCUT2D eigenvalue weighted by atomic mass is 10.5. The second-order valence-corrected chi connectivity index (χ2v) is 1.77. The third kappa shape index (κ3) is 10.8. The van der Waals surface area contributed by atoms with Crippen LogP contribution < -0.4 is 0 Å². The summed E-state index contributed by atoms with van der Waals surface area (Å²) in [6.45, 7) is 10.1. The van der Waals surface area contributed by atoms with E-state index in [-0.39, 0.29) is 0 Å². The summed E-state index contributed by atoms with van der Waals surface area (Å²) in [6, 6.07) is 0. The molecule has 0 unspecified atom stereocenters. The minimum absolute atomic E-state index is 0.958. The molecule has 2 nitrogen and oxygen atoms in total. The van der Waals surface area contributed by atoms with E-state index in [9.17, 15) is 4.53 Å². The molecular weight excluding hydrogens is 133 g/mol. The van der Waals surface area contributed by atoms with Gasteiger partial charge in [0.05, 0.1) is 7.11 Å². The summed E-state index contributed by atoms with van der Waals surface area (Å²) in [6.07, 6.45) is 0. The predicted octanol–water partition coefficient (Wildman–Crippen LogP) is 1.87. The van der Waals surface area contributed by atoms with Crippen molar-refractivity contribution in [3.63, 3.8) is 0 Å². The first-order valence-corrected chi connectivity index (χ1v) is 3.63. The molecule has 0 rings (SSSR count). The molecule has 0 aliphatic heterocycles. The molecule has 0 aliphatic rings. The highest BCUT2D eigenvalue weighted by Gasteiger charge is 1.89. The van der Waals surface area contributed by atoms with E-state index in [1.54, 1.807) is 0 Å². The Kier molecular flexibility index (Phi) is 14.6. The summed E-state index contributed by atoms with van der Waals surface area (Å²) in [7, 11) is 0.958. The van der Waals surface area contributed by atoms with Gasteiger partial charge in [0.1, 0.15) is 0 Å². The first kappa shape index (κ1) is 12.5. The van der Waals surface area contributed by atoms with Crippen molar-refractivity contribution in [1.82, 2.24) is 4.90 Å². The fourth-order valence-electron chi connectivity index (χ4n) is 0.671. The van der Waals surface area contributed by atoms with Crippen LogP contribution in [0.25, 0.3) is 0 Å². The van der Waals surface area contributed by atoms with E-state index in [0.717, 1.165) is 7.11 Å². The second kappa shape index (κ2) is 11.6. The summed E-state index contributed by atoms with van der Waals surface area (Å²) < 4.78 is 9.79. The molecule has 0 spiro atoms. The Labute approximate surface area is 62.9 Å². The fourth-order valence-corrected chi connectivity index (χ4v) is 0.671. The Bertz CT molecular complexity index is 43.4. The molecule has 0 amide bonds. The van der Waals surface area contributed by atoms with Gasteiger partial charge in [-0.15, -0.1) is 0 Å². The zero-order valence-corrected chi connectivity index (χ0v) is 7.35. The van der Waals surface area contributed by atoms with Gasteiger partial charge in [0, 0.05) is 0 Å². The van der Waals surface area contributed by atoms with Gasteiger partial charge in [0.15, 0.2) is 0 Å². The molecule has 0 saturated carbocycles. The van der Waals surface area contributed by atoms with E-state index in [2.05, 4.69) is 30.6 Å². The molecule has 0 aromatic carbocycles. The van der Waals surface area contributed by atoms with Crippen molar-refractivity contribution in [2.75, 3.05) is 26.7 Å². The van der Waals surface area contributed by atoms with E-state index in [1.807, 2.05) is 0 Å². The van der Waals surface area contributed by atoms with Gasteiger partial charge in [-0.3, -0.25) is 0 Å².